The Bertz CT molecular complexity index is 441. The summed E-state index contributed by atoms with van der Waals surface area (Å²) in [6, 6.07) is 3.94. The van der Waals surface area contributed by atoms with Crippen molar-refractivity contribution in [3.8, 4) is 0 Å². The Labute approximate surface area is 103 Å². The van der Waals surface area contributed by atoms with Gasteiger partial charge in [0.1, 0.15) is 0 Å². The molecule has 0 saturated carbocycles. The molecule has 1 heterocycles. The van der Waals surface area contributed by atoms with E-state index in [9.17, 15) is 14.5 Å². The highest BCUT2D eigenvalue weighted by Crippen LogP contribution is 2.30. The van der Waals surface area contributed by atoms with Gasteiger partial charge in [0.25, 0.3) is 5.69 Å². The summed E-state index contributed by atoms with van der Waals surface area (Å²) in [6.45, 7) is 2.10. The standard InChI is InChI=1S/C11H13FN2O2S/c1-7-10(4-5-17-7)13-11-3-2-8(14(15)16)6-9(11)12/h2-3,6-7,10,13H,4-5H2,1H3. The largest absolute Gasteiger partial charge is 0.379 e. The van der Waals surface area contributed by atoms with Crippen LogP contribution in [0.3, 0.4) is 0 Å². The minimum atomic E-state index is -0.596. The fourth-order valence-corrected chi connectivity index (χ4v) is 3.05. The summed E-state index contributed by atoms with van der Waals surface area (Å²) in [7, 11) is 0. The van der Waals surface area contributed by atoms with E-state index in [1.165, 1.54) is 12.1 Å². The lowest BCUT2D eigenvalue weighted by Gasteiger charge is -2.18. The Morgan fingerprint density at radius 2 is 2.35 bits per heavy atom. The van der Waals surface area contributed by atoms with Gasteiger partial charge in [-0.3, -0.25) is 10.1 Å². The first kappa shape index (κ1) is 12.2. The molecule has 2 atom stereocenters. The molecule has 0 spiro atoms. The van der Waals surface area contributed by atoms with Crippen LogP contribution in [0.25, 0.3) is 0 Å². The molecule has 1 N–H and O–H groups in total. The topological polar surface area (TPSA) is 55.2 Å². The van der Waals surface area contributed by atoms with Crippen LogP contribution in [0.1, 0.15) is 13.3 Å². The second-order valence-corrected chi connectivity index (χ2v) is 5.52. The molecule has 6 heteroatoms. The van der Waals surface area contributed by atoms with Crippen molar-refractivity contribution >= 4 is 23.1 Å². The summed E-state index contributed by atoms with van der Waals surface area (Å²) >= 11 is 1.85. The first-order chi connectivity index (χ1) is 8.08. The molecule has 1 aliphatic rings. The highest BCUT2D eigenvalue weighted by molar-refractivity contribution is 8.00. The van der Waals surface area contributed by atoms with E-state index in [0.717, 1.165) is 18.2 Å². The van der Waals surface area contributed by atoms with Gasteiger partial charge in [-0.05, 0) is 18.2 Å². The SMILES string of the molecule is CC1SCCC1Nc1ccc([N+](=O)[O-])cc1F. The lowest BCUT2D eigenvalue weighted by Crippen LogP contribution is -2.25. The first-order valence-corrected chi connectivity index (χ1v) is 6.45. The number of nitrogens with one attached hydrogen (secondary N) is 1. The number of nitro benzene ring substituents is 1. The molecule has 4 nitrogen and oxygen atoms in total. The first-order valence-electron chi connectivity index (χ1n) is 5.40. The minimum Gasteiger partial charge on any atom is -0.379 e. The average Bonchev–Trinajstić information content (AvgIpc) is 2.67. The summed E-state index contributed by atoms with van der Waals surface area (Å²) in [5, 5.41) is 14.0. The number of anilines is 1. The molecule has 1 aromatic carbocycles. The molecule has 0 amide bonds. The summed E-state index contributed by atoms with van der Waals surface area (Å²) in [5.74, 6) is 0.497. The molecule has 2 unspecified atom stereocenters. The molecule has 2 rings (SSSR count). The van der Waals surface area contributed by atoms with Crippen LogP contribution in [0.5, 0.6) is 0 Å². The van der Waals surface area contributed by atoms with Gasteiger partial charge < -0.3 is 5.32 Å². The number of halogens is 1. The molecule has 17 heavy (non-hydrogen) atoms. The number of thioether (sulfide) groups is 1. The minimum absolute atomic E-state index is 0.220. The van der Waals surface area contributed by atoms with Gasteiger partial charge in [0.15, 0.2) is 5.82 Å². The summed E-state index contributed by atoms with van der Waals surface area (Å²) in [6.07, 6.45) is 0.988. The van der Waals surface area contributed by atoms with Gasteiger partial charge in [0, 0.05) is 17.4 Å². The van der Waals surface area contributed by atoms with E-state index in [1.54, 1.807) is 0 Å². The van der Waals surface area contributed by atoms with Crippen molar-refractivity contribution in [3.63, 3.8) is 0 Å². The van der Waals surface area contributed by atoms with Crippen molar-refractivity contribution in [1.29, 1.82) is 0 Å². The van der Waals surface area contributed by atoms with Gasteiger partial charge in [-0.15, -0.1) is 0 Å². The molecule has 0 aromatic heterocycles. The van der Waals surface area contributed by atoms with Crippen LogP contribution in [0.2, 0.25) is 0 Å². The highest BCUT2D eigenvalue weighted by Gasteiger charge is 2.24. The molecule has 0 aliphatic carbocycles. The maximum atomic E-state index is 13.6. The maximum absolute atomic E-state index is 13.6. The third-order valence-electron chi connectivity index (χ3n) is 2.88. The van der Waals surface area contributed by atoms with Crippen molar-refractivity contribution in [2.45, 2.75) is 24.6 Å². The van der Waals surface area contributed by atoms with E-state index in [0.29, 0.717) is 10.9 Å². The Morgan fingerprint density at radius 1 is 1.59 bits per heavy atom. The quantitative estimate of drug-likeness (QED) is 0.667. The van der Waals surface area contributed by atoms with Crippen molar-refractivity contribution in [3.05, 3.63) is 34.1 Å². The summed E-state index contributed by atoms with van der Waals surface area (Å²) in [4.78, 5) is 9.88. The number of nitro groups is 1. The fraction of sp³-hybridized carbons (Fsp3) is 0.455. The Morgan fingerprint density at radius 3 is 2.88 bits per heavy atom. The number of benzene rings is 1. The molecule has 0 bridgehead atoms. The zero-order valence-electron chi connectivity index (χ0n) is 9.35. The smallest absolute Gasteiger partial charge is 0.272 e. The maximum Gasteiger partial charge on any atom is 0.272 e. The molecule has 1 aromatic rings. The third kappa shape index (κ3) is 2.69. The predicted molar refractivity (Wildman–Crippen MR) is 67.0 cm³/mol. The second kappa shape index (κ2) is 4.91. The van der Waals surface area contributed by atoms with E-state index >= 15 is 0 Å². The van der Waals surface area contributed by atoms with E-state index in [4.69, 9.17) is 0 Å². The fourth-order valence-electron chi connectivity index (χ4n) is 1.86. The van der Waals surface area contributed by atoms with Gasteiger partial charge >= 0.3 is 0 Å². The third-order valence-corrected chi connectivity index (χ3v) is 4.21. The average molecular weight is 256 g/mol. The predicted octanol–water partition coefficient (Wildman–Crippen LogP) is 3.04. The van der Waals surface area contributed by atoms with E-state index in [-0.39, 0.29) is 11.7 Å². The molecule has 1 aliphatic heterocycles. The van der Waals surface area contributed by atoms with Crippen LogP contribution in [-0.2, 0) is 0 Å². The van der Waals surface area contributed by atoms with Gasteiger partial charge in [-0.1, -0.05) is 6.92 Å². The van der Waals surface area contributed by atoms with E-state index in [2.05, 4.69) is 12.2 Å². The van der Waals surface area contributed by atoms with Crippen LogP contribution < -0.4 is 5.32 Å². The van der Waals surface area contributed by atoms with E-state index < -0.39 is 10.7 Å². The zero-order chi connectivity index (χ0) is 12.4. The van der Waals surface area contributed by atoms with Crippen LogP contribution in [-0.4, -0.2) is 22.0 Å². The van der Waals surface area contributed by atoms with Gasteiger partial charge in [0.05, 0.1) is 16.7 Å². The molecule has 0 radical (unpaired) electrons. The summed E-state index contributed by atoms with van der Waals surface area (Å²) in [5.41, 5.74) is 0.122. The van der Waals surface area contributed by atoms with Crippen molar-refractivity contribution in [2.75, 3.05) is 11.1 Å². The van der Waals surface area contributed by atoms with Gasteiger partial charge in [-0.2, -0.15) is 11.8 Å². The molecular weight excluding hydrogens is 243 g/mol. The van der Waals surface area contributed by atoms with Gasteiger partial charge in [-0.25, -0.2) is 4.39 Å². The van der Waals surface area contributed by atoms with Crippen molar-refractivity contribution in [2.24, 2.45) is 0 Å². The Hall–Kier alpha value is -1.30. The van der Waals surface area contributed by atoms with Crippen LogP contribution >= 0.6 is 11.8 Å². The van der Waals surface area contributed by atoms with Crippen LogP contribution in [0.15, 0.2) is 18.2 Å². The zero-order valence-corrected chi connectivity index (χ0v) is 10.2. The van der Waals surface area contributed by atoms with Crippen LogP contribution in [0.4, 0.5) is 15.8 Å². The van der Waals surface area contributed by atoms with E-state index in [1.807, 2.05) is 11.8 Å². The number of hydrogen-bond donors (Lipinski definition) is 1. The number of hydrogen-bond acceptors (Lipinski definition) is 4. The lowest BCUT2D eigenvalue weighted by atomic mass is 10.1. The molecular formula is C11H13FN2O2S. The molecule has 1 fully saturated rings. The molecule has 92 valence electrons. The van der Waals surface area contributed by atoms with Crippen molar-refractivity contribution in [1.82, 2.24) is 0 Å². The highest BCUT2D eigenvalue weighted by atomic mass is 32.2. The monoisotopic (exact) mass is 256 g/mol. The normalized spacial score (nSPS) is 23.6. The number of nitrogens with zero attached hydrogens (tertiary/aromatic N) is 1. The van der Waals surface area contributed by atoms with Crippen LogP contribution in [0, 0.1) is 15.9 Å². The van der Waals surface area contributed by atoms with Gasteiger partial charge in [0.2, 0.25) is 0 Å². The number of rotatable bonds is 3. The summed E-state index contributed by atoms with van der Waals surface area (Å²) < 4.78 is 13.6. The number of non-ortho nitro benzene ring substituents is 1. The second-order valence-electron chi connectivity index (χ2n) is 4.04. The Balaban J connectivity index is 2.14. The van der Waals surface area contributed by atoms with Crippen molar-refractivity contribution < 1.29 is 9.31 Å². The Kier molecular flexibility index (Phi) is 3.51. The lowest BCUT2D eigenvalue weighted by molar-refractivity contribution is -0.385. The molecule has 1 saturated heterocycles.